The second kappa shape index (κ2) is 3.96. The van der Waals surface area contributed by atoms with Crippen LogP contribution in [0.15, 0.2) is 48.7 Å². The van der Waals surface area contributed by atoms with E-state index >= 15 is 0 Å². The first kappa shape index (κ1) is 10.5. The third-order valence-electron chi connectivity index (χ3n) is 2.76. The number of carboxylic acid groups (broad SMARTS) is 1. The standard InChI is InChI=1S/C13H9N3O2/c17-13(18)12-8-14-15-16(12)11-7-3-5-9-4-1-2-6-10(9)11/h1-8H,(H,17,18). The number of benzene rings is 2. The smallest absolute Gasteiger partial charge is 0.356 e. The van der Waals surface area contributed by atoms with E-state index in [0.29, 0.717) is 5.69 Å². The van der Waals surface area contributed by atoms with Gasteiger partial charge < -0.3 is 5.11 Å². The number of rotatable bonds is 2. The molecule has 0 bridgehead atoms. The first-order valence-electron chi connectivity index (χ1n) is 5.39. The number of hydrogen-bond donors (Lipinski definition) is 1. The maximum atomic E-state index is 11.1. The number of hydrogen-bond acceptors (Lipinski definition) is 3. The molecule has 0 atom stereocenters. The maximum Gasteiger partial charge on any atom is 0.356 e. The molecule has 3 aromatic rings. The Morgan fingerprint density at radius 1 is 1.11 bits per heavy atom. The van der Waals surface area contributed by atoms with Crippen molar-refractivity contribution in [2.75, 3.05) is 0 Å². The molecule has 5 heteroatoms. The van der Waals surface area contributed by atoms with E-state index in [1.807, 2.05) is 42.5 Å². The van der Waals surface area contributed by atoms with E-state index in [9.17, 15) is 4.79 Å². The lowest BCUT2D eigenvalue weighted by atomic mass is 10.1. The molecule has 5 nitrogen and oxygen atoms in total. The summed E-state index contributed by atoms with van der Waals surface area (Å²) in [6, 6.07) is 13.4. The van der Waals surface area contributed by atoms with Crippen LogP contribution < -0.4 is 0 Å². The van der Waals surface area contributed by atoms with E-state index in [4.69, 9.17) is 5.11 Å². The lowest BCUT2D eigenvalue weighted by molar-refractivity contribution is 0.0687. The van der Waals surface area contributed by atoms with Crippen LogP contribution >= 0.6 is 0 Å². The average molecular weight is 239 g/mol. The first-order valence-corrected chi connectivity index (χ1v) is 5.39. The van der Waals surface area contributed by atoms with Gasteiger partial charge in [-0.25, -0.2) is 9.48 Å². The number of fused-ring (bicyclic) bond motifs is 1. The fourth-order valence-electron chi connectivity index (χ4n) is 1.95. The summed E-state index contributed by atoms with van der Waals surface area (Å²) in [5.41, 5.74) is 0.759. The van der Waals surface area contributed by atoms with E-state index < -0.39 is 5.97 Å². The summed E-state index contributed by atoms with van der Waals surface area (Å²) in [5, 5.41) is 18.6. The van der Waals surface area contributed by atoms with Crippen LogP contribution in [-0.4, -0.2) is 26.1 Å². The molecule has 1 heterocycles. The van der Waals surface area contributed by atoms with Crippen LogP contribution in [0, 0.1) is 0 Å². The van der Waals surface area contributed by atoms with Crippen LogP contribution in [0.3, 0.4) is 0 Å². The van der Waals surface area contributed by atoms with Crippen LogP contribution in [-0.2, 0) is 0 Å². The highest BCUT2D eigenvalue weighted by Crippen LogP contribution is 2.22. The molecule has 18 heavy (non-hydrogen) atoms. The normalized spacial score (nSPS) is 10.7. The zero-order valence-electron chi connectivity index (χ0n) is 9.32. The molecule has 0 spiro atoms. The number of nitrogens with zero attached hydrogens (tertiary/aromatic N) is 3. The van der Waals surface area contributed by atoms with Gasteiger partial charge in [0.1, 0.15) is 0 Å². The molecule has 0 radical (unpaired) electrons. The van der Waals surface area contributed by atoms with E-state index in [0.717, 1.165) is 10.8 Å². The Balaban J connectivity index is 2.32. The fourth-order valence-corrected chi connectivity index (χ4v) is 1.95. The van der Waals surface area contributed by atoms with E-state index in [1.165, 1.54) is 10.9 Å². The summed E-state index contributed by atoms with van der Waals surface area (Å²) in [7, 11) is 0. The highest BCUT2D eigenvalue weighted by molar-refractivity contribution is 5.92. The summed E-state index contributed by atoms with van der Waals surface area (Å²) in [6.45, 7) is 0. The number of carbonyl (C=O) groups is 1. The second-order valence-corrected chi connectivity index (χ2v) is 3.83. The van der Waals surface area contributed by atoms with Gasteiger partial charge in [-0.2, -0.15) is 0 Å². The minimum absolute atomic E-state index is 0.0475. The minimum atomic E-state index is -1.05. The molecule has 0 aliphatic carbocycles. The van der Waals surface area contributed by atoms with E-state index in [1.54, 1.807) is 0 Å². The summed E-state index contributed by atoms with van der Waals surface area (Å²) in [4.78, 5) is 11.1. The maximum absolute atomic E-state index is 11.1. The molecule has 2 aromatic carbocycles. The number of aromatic nitrogens is 3. The molecule has 3 rings (SSSR count). The van der Waals surface area contributed by atoms with Crippen molar-refractivity contribution in [2.45, 2.75) is 0 Å². The zero-order chi connectivity index (χ0) is 12.5. The molecule has 0 fully saturated rings. The van der Waals surface area contributed by atoms with Crippen molar-refractivity contribution >= 4 is 16.7 Å². The molecule has 0 unspecified atom stereocenters. The van der Waals surface area contributed by atoms with Gasteiger partial charge in [0.2, 0.25) is 0 Å². The molecule has 1 aromatic heterocycles. The molecule has 0 saturated heterocycles. The average Bonchev–Trinajstić information content (AvgIpc) is 2.87. The highest BCUT2D eigenvalue weighted by atomic mass is 16.4. The van der Waals surface area contributed by atoms with Crippen molar-refractivity contribution in [2.24, 2.45) is 0 Å². The molecular formula is C13H9N3O2. The summed E-state index contributed by atoms with van der Waals surface area (Å²) in [5.74, 6) is -1.05. The van der Waals surface area contributed by atoms with Crippen LogP contribution in [0.4, 0.5) is 0 Å². The topological polar surface area (TPSA) is 68.0 Å². The molecule has 0 aliphatic heterocycles. The third-order valence-corrected chi connectivity index (χ3v) is 2.76. The highest BCUT2D eigenvalue weighted by Gasteiger charge is 2.14. The lowest BCUT2D eigenvalue weighted by Gasteiger charge is -2.07. The molecule has 0 aliphatic rings. The Morgan fingerprint density at radius 2 is 1.89 bits per heavy atom. The lowest BCUT2D eigenvalue weighted by Crippen LogP contribution is -2.08. The van der Waals surface area contributed by atoms with E-state index in [-0.39, 0.29) is 5.69 Å². The molecule has 88 valence electrons. The van der Waals surface area contributed by atoms with Crippen molar-refractivity contribution in [1.29, 1.82) is 0 Å². The van der Waals surface area contributed by atoms with Crippen molar-refractivity contribution in [3.05, 3.63) is 54.4 Å². The second-order valence-electron chi connectivity index (χ2n) is 3.83. The molecule has 0 saturated carbocycles. The largest absolute Gasteiger partial charge is 0.476 e. The number of carboxylic acids is 1. The number of aromatic carboxylic acids is 1. The summed E-state index contributed by atoms with van der Waals surface area (Å²) >= 11 is 0. The van der Waals surface area contributed by atoms with Gasteiger partial charge in [0, 0.05) is 5.39 Å². The zero-order valence-corrected chi connectivity index (χ0v) is 9.32. The van der Waals surface area contributed by atoms with Crippen LogP contribution in [0.5, 0.6) is 0 Å². The van der Waals surface area contributed by atoms with Crippen molar-refractivity contribution in [1.82, 2.24) is 15.0 Å². The Morgan fingerprint density at radius 3 is 2.72 bits per heavy atom. The van der Waals surface area contributed by atoms with Crippen molar-refractivity contribution in [3.63, 3.8) is 0 Å². The van der Waals surface area contributed by atoms with Gasteiger partial charge in [-0.15, -0.1) is 5.10 Å². The van der Waals surface area contributed by atoms with Gasteiger partial charge in [-0.05, 0) is 11.5 Å². The first-order chi connectivity index (χ1) is 8.77. The van der Waals surface area contributed by atoms with Gasteiger partial charge >= 0.3 is 5.97 Å². The summed E-state index contributed by atoms with van der Waals surface area (Å²) < 4.78 is 1.34. The van der Waals surface area contributed by atoms with Gasteiger partial charge in [0.15, 0.2) is 5.69 Å². The third kappa shape index (κ3) is 1.53. The van der Waals surface area contributed by atoms with Gasteiger partial charge in [-0.3, -0.25) is 0 Å². The van der Waals surface area contributed by atoms with Crippen LogP contribution in [0.1, 0.15) is 10.5 Å². The van der Waals surface area contributed by atoms with Crippen LogP contribution in [0.25, 0.3) is 16.5 Å². The van der Waals surface area contributed by atoms with Gasteiger partial charge in [0.25, 0.3) is 0 Å². The van der Waals surface area contributed by atoms with E-state index in [2.05, 4.69) is 10.3 Å². The Labute approximate surface area is 102 Å². The van der Waals surface area contributed by atoms with Crippen molar-refractivity contribution < 1.29 is 9.90 Å². The molecular weight excluding hydrogens is 230 g/mol. The van der Waals surface area contributed by atoms with Gasteiger partial charge in [0.05, 0.1) is 11.9 Å². The Bertz CT molecular complexity index is 728. The molecule has 1 N–H and O–H groups in total. The molecule has 0 amide bonds. The predicted molar refractivity (Wildman–Crippen MR) is 65.8 cm³/mol. The van der Waals surface area contributed by atoms with Crippen molar-refractivity contribution in [3.8, 4) is 5.69 Å². The monoisotopic (exact) mass is 239 g/mol. The fraction of sp³-hybridized carbons (Fsp3) is 0. The Hall–Kier alpha value is -2.69. The Kier molecular flexibility index (Phi) is 2.30. The SMILES string of the molecule is O=C(O)c1cnnn1-c1cccc2ccccc12. The quantitative estimate of drug-likeness (QED) is 0.743. The van der Waals surface area contributed by atoms with Crippen LogP contribution in [0.2, 0.25) is 0 Å². The predicted octanol–water partition coefficient (Wildman–Crippen LogP) is 2.12. The van der Waals surface area contributed by atoms with Gasteiger partial charge in [-0.1, -0.05) is 41.6 Å². The minimum Gasteiger partial charge on any atom is -0.476 e. The summed E-state index contributed by atoms with van der Waals surface area (Å²) in [6.07, 6.45) is 1.24.